The van der Waals surface area contributed by atoms with Gasteiger partial charge in [0.15, 0.2) is 0 Å². The Morgan fingerprint density at radius 3 is 2.79 bits per heavy atom. The molecule has 0 radical (unpaired) electrons. The zero-order valence-corrected chi connectivity index (χ0v) is 13.3. The van der Waals surface area contributed by atoms with Crippen molar-refractivity contribution in [1.29, 1.82) is 0 Å². The molecule has 3 N–H and O–H groups in total. The number of carbonyl (C=O) groups is 2. The zero-order valence-electron chi connectivity index (χ0n) is 13.3. The molecule has 0 bridgehead atoms. The van der Waals surface area contributed by atoms with Crippen molar-refractivity contribution in [2.75, 3.05) is 18.4 Å². The van der Waals surface area contributed by atoms with Crippen molar-refractivity contribution in [3.63, 3.8) is 0 Å². The van der Waals surface area contributed by atoms with Gasteiger partial charge in [0, 0.05) is 36.2 Å². The maximum atomic E-state index is 12.2. The van der Waals surface area contributed by atoms with Gasteiger partial charge in [0.05, 0.1) is 5.56 Å². The maximum absolute atomic E-state index is 12.2. The van der Waals surface area contributed by atoms with E-state index in [0.717, 1.165) is 19.4 Å². The first-order valence-corrected chi connectivity index (χ1v) is 8.05. The van der Waals surface area contributed by atoms with Crippen molar-refractivity contribution < 1.29 is 9.59 Å². The summed E-state index contributed by atoms with van der Waals surface area (Å²) in [6, 6.07) is 10.7. The molecule has 0 saturated carbocycles. The molecule has 1 aromatic carbocycles. The normalized spacial score (nSPS) is 16.6. The van der Waals surface area contributed by atoms with E-state index in [2.05, 4.69) is 20.9 Å². The third kappa shape index (κ3) is 4.17. The van der Waals surface area contributed by atoms with Crippen LogP contribution in [0.15, 0.2) is 48.8 Å². The second-order valence-corrected chi connectivity index (χ2v) is 5.78. The van der Waals surface area contributed by atoms with Gasteiger partial charge in [-0.2, -0.15) is 0 Å². The molecule has 1 saturated heterocycles. The summed E-state index contributed by atoms with van der Waals surface area (Å²) in [6.07, 6.45) is 5.35. The van der Waals surface area contributed by atoms with Crippen LogP contribution in [0.4, 0.5) is 5.69 Å². The van der Waals surface area contributed by atoms with Crippen molar-refractivity contribution in [2.45, 2.75) is 18.9 Å². The SMILES string of the molecule is O=C(NCC1CCCN1)c1cccc(NC(=O)c2cccnc2)c1. The number of benzene rings is 1. The quantitative estimate of drug-likeness (QED) is 0.783. The molecule has 1 atom stereocenters. The Balaban J connectivity index is 1.61. The van der Waals surface area contributed by atoms with Crippen LogP contribution in [-0.2, 0) is 0 Å². The van der Waals surface area contributed by atoms with Gasteiger partial charge in [0.1, 0.15) is 0 Å². The highest BCUT2D eigenvalue weighted by Crippen LogP contribution is 2.12. The lowest BCUT2D eigenvalue weighted by molar-refractivity contribution is 0.0949. The van der Waals surface area contributed by atoms with Crippen LogP contribution in [0.2, 0.25) is 0 Å². The molecule has 3 rings (SSSR count). The number of hydrogen-bond donors (Lipinski definition) is 3. The molecule has 1 unspecified atom stereocenters. The number of amides is 2. The summed E-state index contributed by atoms with van der Waals surface area (Å²) in [7, 11) is 0. The fourth-order valence-corrected chi connectivity index (χ4v) is 2.69. The van der Waals surface area contributed by atoms with E-state index in [0.29, 0.717) is 29.4 Å². The first-order chi connectivity index (χ1) is 11.7. The predicted octanol–water partition coefficient (Wildman–Crippen LogP) is 1.82. The van der Waals surface area contributed by atoms with Crippen LogP contribution in [0.1, 0.15) is 33.6 Å². The summed E-state index contributed by atoms with van der Waals surface area (Å²) in [5.41, 5.74) is 1.58. The Labute approximate surface area is 140 Å². The minimum Gasteiger partial charge on any atom is -0.350 e. The highest BCUT2D eigenvalue weighted by Gasteiger charge is 2.15. The van der Waals surface area contributed by atoms with Gasteiger partial charge in [-0.3, -0.25) is 14.6 Å². The van der Waals surface area contributed by atoms with Crippen molar-refractivity contribution in [3.8, 4) is 0 Å². The van der Waals surface area contributed by atoms with Crippen LogP contribution in [0, 0.1) is 0 Å². The van der Waals surface area contributed by atoms with E-state index in [9.17, 15) is 9.59 Å². The first-order valence-electron chi connectivity index (χ1n) is 8.05. The monoisotopic (exact) mass is 324 g/mol. The van der Waals surface area contributed by atoms with E-state index in [1.165, 1.54) is 6.20 Å². The van der Waals surface area contributed by atoms with E-state index in [1.807, 2.05) is 0 Å². The number of pyridine rings is 1. The molecule has 24 heavy (non-hydrogen) atoms. The molecule has 6 nitrogen and oxygen atoms in total. The van der Waals surface area contributed by atoms with Crippen molar-refractivity contribution in [2.24, 2.45) is 0 Å². The fourth-order valence-electron chi connectivity index (χ4n) is 2.69. The Hall–Kier alpha value is -2.73. The summed E-state index contributed by atoms with van der Waals surface area (Å²) >= 11 is 0. The van der Waals surface area contributed by atoms with Gasteiger partial charge < -0.3 is 16.0 Å². The lowest BCUT2D eigenvalue weighted by Gasteiger charge is -2.12. The van der Waals surface area contributed by atoms with E-state index in [4.69, 9.17) is 0 Å². The van der Waals surface area contributed by atoms with E-state index < -0.39 is 0 Å². The smallest absolute Gasteiger partial charge is 0.257 e. The van der Waals surface area contributed by atoms with Crippen molar-refractivity contribution >= 4 is 17.5 Å². The molecule has 2 heterocycles. The number of nitrogens with zero attached hydrogens (tertiary/aromatic N) is 1. The highest BCUT2D eigenvalue weighted by molar-refractivity contribution is 6.04. The number of hydrogen-bond acceptors (Lipinski definition) is 4. The molecule has 1 aromatic heterocycles. The maximum Gasteiger partial charge on any atom is 0.257 e. The Morgan fingerprint density at radius 2 is 2.04 bits per heavy atom. The molecule has 124 valence electrons. The molecule has 1 aliphatic heterocycles. The van der Waals surface area contributed by atoms with Crippen molar-refractivity contribution in [3.05, 3.63) is 59.9 Å². The summed E-state index contributed by atoms with van der Waals surface area (Å²) in [6.45, 7) is 1.63. The lowest BCUT2D eigenvalue weighted by atomic mass is 10.1. The Morgan fingerprint density at radius 1 is 1.17 bits per heavy atom. The van der Waals surface area contributed by atoms with Gasteiger partial charge in [0.2, 0.25) is 0 Å². The van der Waals surface area contributed by atoms with Crippen LogP contribution in [-0.4, -0.2) is 35.9 Å². The zero-order chi connectivity index (χ0) is 16.8. The number of anilines is 1. The van der Waals surface area contributed by atoms with E-state index in [1.54, 1.807) is 42.6 Å². The Bertz CT molecular complexity index is 712. The molecule has 1 fully saturated rings. The standard InChI is InChI=1S/C18H20N4O2/c23-17(21-12-16-7-3-9-20-16)13-4-1-6-15(10-13)22-18(24)14-5-2-8-19-11-14/h1-2,4-6,8,10-11,16,20H,3,7,9,12H2,(H,21,23)(H,22,24). The largest absolute Gasteiger partial charge is 0.350 e. The van der Waals surface area contributed by atoms with Gasteiger partial charge in [-0.1, -0.05) is 6.07 Å². The number of aromatic nitrogens is 1. The fraction of sp³-hybridized carbons (Fsp3) is 0.278. The predicted molar refractivity (Wildman–Crippen MR) is 92.0 cm³/mol. The molecular formula is C18H20N4O2. The number of nitrogens with one attached hydrogen (secondary N) is 3. The topological polar surface area (TPSA) is 83.1 Å². The van der Waals surface area contributed by atoms with Crippen LogP contribution >= 0.6 is 0 Å². The van der Waals surface area contributed by atoms with Crippen LogP contribution in [0.5, 0.6) is 0 Å². The van der Waals surface area contributed by atoms with Gasteiger partial charge in [-0.25, -0.2) is 0 Å². The van der Waals surface area contributed by atoms with Crippen LogP contribution in [0.3, 0.4) is 0 Å². The van der Waals surface area contributed by atoms with E-state index in [-0.39, 0.29) is 11.8 Å². The number of carbonyl (C=O) groups excluding carboxylic acids is 2. The summed E-state index contributed by atoms with van der Waals surface area (Å²) < 4.78 is 0. The molecule has 0 aliphatic carbocycles. The summed E-state index contributed by atoms with van der Waals surface area (Å²) in [5.74, 6) is -0.392. The average Bonchev–Trinajstić information content (AvgIpc) is 3.14. The lowest BCUT2D eigenvalue weighted by Crippen LogP contribution is -2.37. The van der Waals surface area contributed by atoms with E-state index >= 15 is 0 Å². The van der Waals surface area contributed by atoms with Crippen molar-refractivity contribution in [1.82, 2.24) is 15.6 Å². The van der Waals surface area contributed by atoms with Gasteiger partial charge in [0.25, 0.3) is 11.8 Å². The Kier molecular flexibility index (Phi) is 5.18. The first kappa shape index (κ1) is 16.1. The third-order valence-electron chi connectivity index (χ3n) is 3.98. The molecular weight excluding hydrogens is 304 g/mol. The molecule has 2 aromatic rings. The minimum absolute atomic E-state index is 0.138. The van der Waals surface area contributed by atoms with Crippen LogP contribution < -0.4 is 16.0 Å². The number of rotatable bonds is 5. The molecule has 0 spiro atoms. The molecule has 2 amide bonds. The average molecular weight is 324 g/mol. The minimum atomic E-state index is -0.254. The van der Waals surface area contributed by atoms with Crippen LogP contribution in [0.25, 0.3) is 0 Å². The highest BCUT2D eigenvalue weighted by atomic mass is 16.2. The van der Waals surface area contributed by atoms with Gasteiger partial charge >= 0.3 is 0 Å². The van der Waals surface area contributed by atoms with Gasteiger partial charge in [-0.15, -0.1) is 0 Å². The summed E-state index contributed by atoms with van der Waals surface area (Å²) in [4.78, 5) is 28.3. The molecule has 1 aliphatic rings. The second kappa shape index (κ2) is 7.70. The molecule has 6 heteroatoms. The van der Waals surface area contributed by atoms with Gasteiger partial charge in [-0.05, 0) is 49.7 Å². The summed E-state index contributed by atoms with van der Waals surface area (Å²) in [5, 5.41) is 9.05. The third-order valence-corrected chi connectivity index (χ3v) is 3.98. The second-order valence-electron chi connectivity index (χ2n) is 5.78.